The van der Waals surface area contributed by atoms with Gasteiger partial charge in [0.1, 0.15) is 0 Å². The van der Waals surface area contributed by atoms with Gasteiger partial charge < -0.3 is 9.88 Å². The number of aromatic nitrogens is 1. The van der Waals surface area contributed by atoms with Gasteiger partial charge in [0.2, 0.25) is 5.91 Å². The van der Waals surface area contributed by atoms with Gasteiger partial charge >= 0.3 is 0 Å². The molecule has 0 saturated heterocycles. The van der Waals surface area contributed by atoms with Gasteiger partial charge in [-0.3, -0.25) is 4.79 Å². The number of hydrogen-bond donors (Lipinski definition) is 1. The minimum absolute atomic E-state index is 0.137. The molecule has 0 fully saturated rings. The van der Waals surface area contributed by atoms with Crippen molar-refractivity contribution in [3.63, 3.8) is 0 Å². The Balaban J connectivity index is 1.79. The van der Waals surface area contributed by atoms with E-state index in [0.717, 1.165) is 18.7 Å². The SMILES string of the molecule is CC(C)CC(=O)Nc1cc2c3c(c1)c1c(n3CCC2)CCCCC1. The number of aryl methyl sites for hydroxylation is 3. The van der Waals surface area contributed by atoms with E-state index >= 15 is 0 Å². The topological polar surface area (TPSA) is 34.0 Å². The minimum Gasteiger partial charge on any atom is -0.344 e. The molecule has 0 bridgehead atoms. The molecule has 2 aliphatic rings. The lowest BCUT2D eigenvalue weighted by Crippen LogP contribution is -2.15. The van der Waals surface area contributed by atoms with Gasteiger partial charge in [-0.2, -0.15) is 0 Å². The van der Waals surface area contributed by atoms with Gasteiger partial charge in [0.15, 0.2) is 0 Å². The molecule has 1 aromatic heterocycles. The lowest BCUT2D eigenvalue weighted by atomic mass is 9.99. The van der Waals surface area contributed by atoms with Crippen LogP contribution in [0.5, 0.6) is 0 Å². The predicted octanol–water partition coefficient (Wildman–Crippen LogP) is 4.84. The van der Waals surface area contributed by atoms with Crippen LogP contribution in [0.3, 0.4) is 0 Å². The third kappa shape index (κ3) is 2.74. The Kier molecular flexibility index (Phi) is 4.11. The van der Waals surface area contributed by atoms with Crippen LogP contribution in [0, 0.1) is 5.92 Å². The number of anilines is 1. The molecule has 24 heavy (non-hydrogen) atoms. The van der Waals surface area contributed by atoms with Crippen LogP contribution in [0.1, 0.15) is 62.8 Å². The molecule has 0 unspecified atom stereocenters. The Hall–Kier alpha value is -1.77. The smallest absolute Gasteiger partial charge is 0.224 e. The van der Waals surface area contributed by atoms with Crippen molar-refractivity contribution in [2.45, 2.75) is 71.8 Å². The lowest BCUT2D eigenvalue weighted by molar-refractivity contribution is -0.116. The van der Waals surface area contributed by atoms with Crippen molar-refractivity contribution in [2.75, 3.05) is 5.32 Å². The maximum absolute atomic E-state index is 12.2. The summed E-state index contributed by atoms with van der Waals surface area (Å²) < 4.78 is 2.59. The monoisotopic (exact) mass is 324 g/mol. The van der Waals surface area contributed by atoms with E-state index < -0.39 is 0 Å². The number of hydrogen-bond acceptors (Lipinski definition) is 1. The first-order chi connectivity index (χ1) is 11.6. The first kappa shape index (κ1) is 15.7. The Morgan fingerprint density at radius 3 is 2.79 bits per heavy atom. The molecule has 3 nitrogen and oxygen atoms in total. The Morgan fingerprint density at radius 2 is 1.96 bits per heavy atom. The summed E-state index contributed by atoms with van der Waals surface area (Å²) >= 11 is 0. The van der Waals surface area contributed by atoms with E-state index in [1.54, 1.807) is 11.3 Å². The third-order valence-corrected chi connectivity index (χ3v) is 5.50. The summed E-state index contributed by atoms with van der Waals surface area (Å²) in [4.78, 5) is 12.2. The van der Waals surface area contributed by atoms with Crippen molar-refractivity contribution in [3.8, 4) is 0 Å². The average molecular weight is 324 g/mol. The highest BCUT2D eigenvalue weighted by Crippen LogP contribution is 2.38. The van der Waals surface area contributed by atoms with E-state index in [-0.39, 0.29) is 5.91 Å². The zero-order valence-corrected chi connectivity index (χ0v) is 15.0. The molecule has 1 aromatic carbocycles. The summed E-state index contributed by atoms with van der Waals surface area (Å²) in [6.07, 6.45) is 9.31. The molecule has 0 radical (unpaired) electrons. The number of nitrogens with zero attached hydrogens (tertiary/aromatic N) is 1. The zero-order valence-electron chi connectivity index (χ0n) is 15.0. The number of nitrogens with one attached hydrogen (secondary N) is 1. The first-order valence-corrected chi connectivity index (χ1v) is 9.60. The summed E-state index contributed by atoms with van der Waals surface area (Å²) in [6.45, 7) is 5.34. The summed E-state index contributed by atoms with van der Waals surface area (Å²) in [5.41, 5.74) is 7.01. The number of rotatable bonds is 3. The molecule has 3 heteroatoms. The van der Waals surface area contributed by atoms with Crippen molar-refractivity contribution in [2.24, 2.45) is 5.92 Å². The number of amides is 1. The first-order valence-electron chi connectivity index (χ1n) is 9.60. The number of fused-ring (bicyclic) bond motifs is 3. The molecule has 128 valence electrons. The van der Waals surface area contributed by atoms with Crippen LogP contribution in [-0.2, 0) is 30.6 Å². The van der Waals surface area contributed by atoms with Gasteiger partial charge in [0.25, 0.3) is 0 Å². The molecule has 1 amide bonds. The van der Waals surface area contributed by atoms with Crippen LogP contribution in [0.4, 0.5) is 5.69 Å². The van der Waals surface area contributed by atoms with Crippen LogP contribution in [0.25, 0.3) is 10.9 Å². The van der Waals surface area contributed by atoms with Crippen molar-refractivity contribution < 1.29 is 4.79 Å². The molecule has 1 aliphatic carbocycles. The average Bonchev–Trinajstić information content (AvgIpc) is 2.71. The normalized spacial score (nSPS) is 17.0. The summed E-state index contributed by atoms with van der Waals surface area (Å²) in [6, 6.07) is 4.46. The second-order valence-electron chi connectivity index (χ2n) is 7.92. The van der Waals surface area contributed by atoms with Gasteiger partial charge in [0, 0.05) is 29.7 Å². The van der Waals surface area contributed by atoms with Crippen molar-refractivity contribution in [3.05, 3.63) is 29.0 Å². The number of carbonyl (C=O) groups excluding carboxylic acids is 1. The maximum atomic E-state index is 12.2. The maximum Gasteiger partial charge on any atom is 0.224 e. The molecule has 0 atom stereocenters. The standard InChI is InChI=1S/C21H28N2O/c1-14(2)11-20(24)22-16-12-15-7-6-10-23-19-9-5-3-4-8-17(19)18(13-16)21(15)23/h12-14H,3-11H2,1-2H3,(H,22,24). The van der Waals surface area contributed by atoms with E-state index in [4.69, 9.17) is 0 Å². The van der Waals surface area contributed by atoms with E-state index in [0.29, 0.717) is 12.3 Å². The lowest BCUT2D eigenvalue weighted by Gasteiger charge is -2.19. The fourth-order valence-corrected chi connectivity index (χ4v) is 4.55. The Labute approximate surface area is 144 Å². The second kappa shape index (κ2) is 6.27. The highest BCUT2D eigenvalue weighted by atomic mass is 16.1. The summed E-state index contributed by atoms with van der Waals surface area (Å²) in [5, 5.41) is 4.55. The summed E-state index contributed by atoms with van der Waals surface area (Å²) in [7, 11) is 0. The molecule has 4 rings (SSSR count). The van der Waals surface area contributed by atoms with E-state index in [2.05, 4.69) is 35.9 Å². The molecule has 0 saturated carbocycles. The van der Waals surface area contributed by atoms with Crippen LogP contribution in [0.15, 0.2) is 12.1 Å². The van der Waals surface area contributed by atoms with Gasteiger partial charge in [-0.25, -0.2) is 0 Å². The van der Waals surface area contributed by atoms with Crippen molar-refractivity contribution in [1.82, 2.24) is 4.57 Å². The summed E-state index contributed by atoms with van der Waals surface area (Å²) in [5.74, 6) is 0.530. The van der Waals surface area contributed by atoms with Gasteiger partial charge in [-0.15, -0.1) is 0 Å². The highest BCUT2D eigenvalue weighted by Gasteiger charge is 2.24. The van der Waals surface area contributed by atoms with Gasteiger partial charge in [-0.05, 0) is 67.7 Å². The zero-order chi connectivity index (χ0) is 16.7. The molecule has 1 aliphatic heterocycles. The van der Waals surface area contributed by atoms with Crippen LogP contribution < -0.4 is 5.32 Å². The number of carbonyl (C=O) groups is 1. The fourth-order valence-electron chi connectivity index (χ4n) is 4.55. The molecule has 1 N–H and O–H groups in total. The molecular formula is C21H28N2O. The van der Waals surface area contributed by atoms with Crippen LogP contribution >= 0.6 is 0 Å². The number of benzene rings is 1. The Bertz CT molecular complexity index is 785. The largest absolute Gasteiger partial charge is 0.344 e. The highest BCUT2D eigenvalue weighted by molar-refractivity contribution is 5.97. The molecule has 2 aromatic rings. The quantitative estimate of drug-likeness (QED) is 0.805. The predicted molar refractivity (Wildman–Crippen MR) is 99.6 cm³/mol. The van der Waals surface area contributed by atoms with Crippen molar-refractivity contribution in [1.29, 1.82) is 0 Å². The van der Waals surface area contributed by atoms with Gasteiger partial charge in [0.05, 0.1) is 5.52 Å². The van der Waals surface area contributed by atoms with Crippen LogP contribution in [0.2, 0.25) is 0 Å². The van der Waals surface area contributed by atoms with E-state index in [1.807, 2.05) is 0 Å². The van der Waals surface area contributed by atoms with E-state index in [1.165, 1.54) is 55.0 Å². The van der Waals surface area contributed by atoms with Gasteiger partial charge in [-0.1, -0.05) is 20.3 Å². The molecule has 2 heterocycles. The molecule has 0 spiro atoms. The van der Waals surface area contributed by atoms with Crippen LogP contribution in [-0.4, -0.2) is 10.5 Å². The van der Waals surface area contributed by atoms with E-state index in [9.17, 15) is 4.79 Å². The fraction of sp³-hybridized carbons (Fsp3) is 0.571. The Morgan fingerprint density at radius 1 is 1.12 bits per heavy atom. The third-order valence-electron chi connectivity index (χ3n) is 5.50. The minimum atomic E-state index is 0.137. The molecular weight excluding hydrogens is 296 g/mol. The van der Waals surface area contributed by atoms with Crippen molar-refractivity contribution >= 4 is 22.5 Å². The second-order valence-corrected chi connectivity index (χ2v) is 7.92.